The highest BCUT2D eigenvalue weighted by Crippen LogP contribution is 2.40. The van der Waals surface area contributed by atoms with Crippen molar-refractivity contribution in [3.8, 4) is 11.5 Å². The molecule has 0 radical (unpaired) electrons. The van der Waals surface area contributed by atoms with Crippen LogP contribution in [0.25, 0.3) is 0 Å². The van der Waals surface area contributed by atoms with E-state index in [1.165, 1.54) is 19.1 Å². The zero-order valence-corrected chi connectivity index (χ0v) is 14.6. The van der Waals surface area contributed by atoms with Crippen molar-refractivity contribution in [1.82, 2.24) is 0 Å². The first-order valence-corrected chi connectivity index (χ1v) is 8.07. The molecule has 0 fully saturated rings. The Morgan fingerprint density at radius 1 is 1.16 bits per heavy atom. The summed E-state index contributed by atoms with van der Waals surface area (Å²) in [5.41, 5.74) is 0.592. The standard InChI is InChI=1S/C17H13Cl2NO5/c1-9(16(21)20-13-5-3-2-4-11(13)18)25-17(22)10-6-12(19)15-14(7-10)23-8-24-15/h2-7,9H,8H2,1H3,(H,20,21)/t9-/m1/s1. The molecule has 0 aromatic heterocycles. The highest BCUT2D eigenvalue weighted by atomic mass is 35.5. The van der Waals surface area contributed by atoms with Crippen LogP contribution < -0.4 is 14.8 Å². The van der Waals surface area contributed by atoms with Crippen LogP contribution in [0.5, 0.6) is 11.5 Å². The average molecular weight is 382 g/mol. The van der Waals surface area contributed by atoms with Crippen molar-refractivity contribution in [1.29, 1.82) is 0 Å². The van der Waals surface area contributed by atoms with E-state index in [1.54, 1.807) is 24.3 Å². The van der Waals surface area contributed by atoms with Gasteiger partial charge in [0.05, 0.1) is 21.3 Å². The number of hydrogen-bond donors (Lipinski definition) is 1. The zero-order chi connectivity index (χ0) is 18.0. The van der Waals surface area contributed by atoms with Crippen LogP contribution in [0.4, 0.5) is 5.69 Å². The molecule has 0 bridgehead atoms. The van der Waals surface area contributed by atoms with Gasteiger partial charge in [-0.2, -0.15) is 0 Å². The lowest BCUT2D eigenvalue weighted by Crippen LogP contribution is -2.30. The number of para-hydroxylation sites is 1. The van der Waals surface area contributed by atoms with E-state index >= 15 is 0 Å². The minimum absolute atomic E-state index is 0.0319. The molecule has 0 saturated carbocycles. The lowest BCUT2D eigenvalue weighted by Gasteiger charge is -2.14. The van der Waals surface area contributed by atoms with Crippen molar-refractivity contribution < 1.29 is 23.8 Å². The third-order valence-corrected chi connectivity index (χ3v) is 4.06. The summed E-state index contributed by atoms with van der Waals surface area (Å²) in [7, 11) is 0. The van der Waals surface area contributed by atoms with Gasteiger partial charge in [0.2, 0.25) is 6.79 Å². The van der Waals surface area contributed by atoms with Gasteiger partial charge in [-0.05, 0) is 31.2 Å². The lowest BCUT2D eigenvalue weighted by atomic mass is 10.2. The lowest BCUT2D eigenvalue weighted by molar-refractivity contribution is -0.123. The Balaban J connectivity index is 1.67. The summed E-state index contributed by atoms with van der Waals surface area (Å²) in [4.78, 5) is 24.4. The van der Waals surface area contributed by atoms with Gasteiger partial charge in [0.25, 0.3) is 5.91 Å². The van der Waals surface area contributed by atoms with Gasteiger partial charge in [-0.3, -0.25) is 4.79 Å². The smallest absolute Gasteiger partial charge is 0.339 e. The number of hydrogen-bond acceptors (Lipinski definition) is 5. The normalized spacial score (nSPS) is 13.2. The van der Waals surface area contributed by atoms with Crippen molar-refractivity contribution in [2.24, 2.45) is 0 Å². The van der Waals surface area contributed by atoms with Crippen molar-refractivity contribution >= 4 is 40.8 Å². The third-order valence-electron chi connectivity index (χ3n) is 3.45. The van der Waals surface area contributed by atoms with Gasteiger partial charge in [0.1, 0.15) is 0 Å². The van der Waals surface area contributed by atoms with Gasteiger partial charge in [-0.15, -0.1) is 0 Å². The van der Waals surface area contributed by atoms with Gasteiger partial charge in [-0.25, -0.2) is 4.79 Å². The van der Waals surface area contributed by atoms with E-state index in [9.17, 15) is 9.59 Å². The SMILES string of the molecule is C[C@@H](OC(=O)c1cc(Cl)c2c(c1)OCO2)C(=O)Nc1ccccc1Cl. The Hall–Kier alpha value is -2.44. The largest absolute Gasteiger partial charge is 0.454 e. The van der Waals surface area contributed by atoms with E-state index < -0.39 is 18.0 Å². The fourth-order valence-electron chi connectivity index (χ4n) is 2.16. The van der Waals surface area contributed by atoms with E-state index in [4.69, 9.17) is 37.4 Å². The molecule has 1 heterocycles. The van der Waals surface area contributed by atoms with Crippen LogP contribution in [0.2, 0.25) is 10.0 Å². The summed E-state index contributed by atoms with van der Waals surface area (Å²) < 4.78 is 15.6. The summed E-state index contributed by atoms with van der Waals surface area (Å²) in [5, 5.41) is 3.22. The van der Waals surface area contributed by atoms with E-state index in [0.29, 0.717) is 22.2 Å². The maximum Gasteiger partial charge on any atom is 0.339 e. The second kappa shape index (κ2) is 7.21. The Morgan fingerprint density at radius 2 is 1.92 bits per heavy atom. The van der Waals surface area contributed by atoms with Crippen LogP contribution in [0, 0.1) is 0 Å². The molecule has 1 amide bonds. The first kappa shape index (κ1) is 17.4. The number of amides is 1. The Labute approximate surface area is 153 Å². The number of carbonyl (C=O) groups is 2. The maximum absolute atomic E-state index is 12.2. The molecular formula is C17H13Cl2NO5. The summed E-state index contributed by atoms with van der Waals surface area (Å²) in [6, 6.07) is 9.61. The first-order valence-electron chi connectivity index (χ1n) is 7.31. The van der Waals surface area contributed by atoms with Crippen LogP contribution in [-0.2, 0) is 9.53 Å². The van der Waals surface area contributed by atoms with Crippen molar-refractivity contribution in [3.05, 3.63) is 52.0 Å². The quantitative estimate of drug-likeness (QED) is 0.812. The molecule has 0 unspecified atom stereocenters. The number of ether oxygens (including phenoxy) is 3. The topological polar surface area (TPSA) is 73.9 Å². The van der Waals surface area contributed by atoms with Gasteiger partial charge in [0, 0.05) is 0 Å². The van der Waals surface area contributed by atoms with Crippen LogP contribution in [0.1, 0.15) is 17.3 Å². The van der Waals surface area contributed by atoms with E-state index in [1.807, 2.05) is 0 Å². The molecule has 1 N–H and O–H groups in total. The fraction of sp³-hybridized carbons (Fsp3) is 0.176. The van der Waals surface area contributed by atoms with Crippen molar-refractivity contribution in [2.45, 2.75) is 13.0 Å². The van der Waals surface area contributed by atoms with Crippen molar-refractivity contribution in [3.63, 3.8) is 0 Å². The first-order chi connectivity index (χ1) is 12.0. The number of carbonyl (C=O) groups excluding carboxylic acids is 2. The highest BCUT2D eigenvalue weighted by molar-refractivity contribution is 6.33. The number of benzene rings is 2. The molecule has 0 aliphatic carbocycles. The summed E-state index contributed by atoms with van der Waals surface area (Å²) in [6.45, 7) is 1.49. The summed E-state index contributed by atoms with van der Waals surface area (Å²) >= 11 is 12.0. The molecule has 25 heavy (non-hydrogen) atoms. The predicted molar refractivity (Wildman–Crippen MR) is 92.5 cm³/mol. The number of halogens is 2. The molecule has 130 valence electrons. The monoisotopic (exact) mass is 381 g/mol. The third kappa shape index (κ3) is 3.81. The molecule has 8 heteroatoms. The molecule has 1 aliphatic heterocycles. The van der Waals surface area contributed by atoms with Crippen LogP contribution in [0.3, 0.4) is 0 Å². The molecule has 1 atom stereocenters. The van der Waals surface area contributed by atoms with Gasteiger partial charge in [0.15, 0.2) is 17.6 Å². The van der Waals surface area contributed by atoms with Crippen LogP contribution >= 0.6 is 23.2 Å². The Morgan fingerprint density at radius 3 is 2.68 bits per heavy atom. The molecule has 0 spiro atoms. The second-order valence-corrected chi connectivity index (χ2v) is 6.02. The average Bonchev–Trinajstić information content (AvgIpc) is 3.06. The highest BCUT2D eigenvalue weighted by Gasteiger charge is 2.24. The van der Waals surface area contributed by atoms with Gasteiger partial charge in [-0.1, -0.05) is 35.3 Å². The van der Waals surface area contributed by atoms with Crippen LogP contribution in [-0.4, -0.2) is 24.8 Å². The summed E-state index contributed by atoms with van der Waals surface area (Å²) in [5.74, 6) is -0.481. The number of anilines is 1. The number of rotatable bonds is 4. The Kier molecular flexibility index (Phi) is 5.01. The van der Waals surface area contributed by atoms with Crippen LogP contribution in [0.15, 0.2) is 36.4 Å². The minimum atomic E-state index is -1.03. The van der Waals surface area contributed by atoms with Gasteiger partial charge < -0.3 is 19.5 Å². The molecular weight excluding hydrogens is 369 g/mol. The number of nitrogens with one attached hydrogen (secondary N) is 1. The number of fused-ring (bicyclic) bond motifs is 1. The molecule has 2 aromatic carbocycles. The minimum Gasteiger partial charge on any atom is -0.454 e. The maximum atomic E-state index is 12.2. The molecule has 0 saturated heterocycles. The molecule has 1 aliphatic rings. The van der Waals surface area contributed by atoms with Crippen molar-refractivity contribution in [2.75, 3.05) is 12.1 Å². The predicted octanol–water partition coefficient (Wildman–Crippen LogP) is 3.91. The zero-order valence-electron chi connectivity index (χ0n) is 13.0. The van der Waals surface area contributed by atoms with Gasteiger partial charge >= 0.3 is 5.97 Å². The molecule has 2 aromatic rings. The fourth-order valence-corrected chi connectivity index (χ4v) is 2.61. The molecule has 3 rings (SSSR count). The van der Waals surface area contributed by atoms with E-state index in [0.717, 1.165) is 0 Å². The van der Waals surface area contributed by atoms with E-state index in [2.05, 4.69) is 5.32 Å². The Bertz CT molecular complexity index is 840. The summed E-state index contributed by atoms with van der Waals surface area (Å²) in [6.07, 6.45) is -1.03. The molecule has 6 nitrogen and oxygen atoms in total. The van der Waals surface area contributed by atoms with E-state index in [-0.39, 0.29) is 17.4 Å². The second-order valence-electron chi connectivity index (χ2n) is 5.21. The number of esters is 1.